The summed E-state index contributed by atoms with van der Waals surface area (Å²) in [6.07, 6.45) is -0.691. The highest BCUT2D eigenvalue weighted by molar-refractivity contribution is 5.99. The Bertz CT molecular complexity index is 1060. The Balaban J connectivity index is 1.32. The number of fused-ring (bicyclic) bond motifs is 1. The van der Waals surface area contributed by atoms with Crippen molar-refractivity contribution in [3.05, 3.63) is 59.7 Å². The van der Waals surface area contributed by atoms with E-state index < -0.39 is 29.8 Å². The fraction of sp³-hybridized carbons (Fsp3) is 0.462. The predicted molar refractivity (Wildman–Crippen MR) is 125 cm³/mol. The first kappa shape index (κ1) is 25.0. The Morgan fingerprint density at radius 2 is 1.66 bits per heavy atom. The molecule has 0 aromatic heterocycles. The monoisotopic (exact) mass is 490 g/mol. The molecule has 4 N–H and O–H groups in total. The smallest absolute Gasteiger partial charge is 0.416 e. The standard InChI is InChI=1S/C26H29F3N2O4/c27-26(28,29)19-2-1-3-21(14-19)31-25(35)30-20-9-6-15(7-10-20)16-8-11-22-17(12-16)4-5-18(24(22)34)13-23(32)33/h1-3,6-7,9-10,14,16-18,22,24,34H,4-5,8,11-13H2,(H,32,33)(H2,30,31,35). The number of benzene rings is 2. The average Bonchev–Trinajstić information content (AvgIpc) is 2.80. The summed E-state index contributed by atoms with van der Waals surface area (Å²) in [5.74, 6) is -0.196. The molecular weight excluding hydrogens is 461 g/mol. The van der Waals surface area contributed by atoms with Crippen LogP contribution in [0.4, 0.5) is 29.3 Å². The molecule has 2 aromatic rings. The van der Waals surface area contributed by atoms with E-state index in [-0.39, 0.29) is 23.9 Å². The number of aliphatic hydroxyl groups is 1. The normalized spacial score (nSPS) is 26.5. The number of anilines is 2. The van der Waals surface area contributed by atoms with E-state index in [0.717, 1.165) is 49.8 Å². The number of amides is 2. The van der Waals surface area contributed by atoms with E-state index in [1.165, 1.54) is 12.1 Å². The van der Waals surface area contributed by atoms with Crippen LogP contribution in [0.2, 0.25) is 0 Å². The number of hydrogen-bond donors (Lipinski definition) is 4. The zero-order valence-corrected chi connectivity index (χ0v) is 19.1. The summed E-state index contributed by atoms with van der Waals surface area (Å²) in [5, 5.41) is 24.8. The van der Waals surface area contributed by atoms with Crippen LogP contribution in [-0.2, 0) is 11.0 Å². The first-order valence-corrected chi connectivity index (χ1v) is 11.8. The molecule has 35 heavy (non-hydrogen) atoms. The Hall–Kier alpha value is -3.07. The van der Waals surface area contributed by atoms with E-state index in [2.05, 4.69) is 10.6 Å². The van der Waals surface area contributed by atoms with Crippen LogP contribution in [0.1, 0.15) is 55.6 Å². The molecule has 0 aliphatic heterocycles. The summed E-state index contributed by atoms with van der Waals surface area (Å²) in [6.45, 7) is 0. The van der Waals surface area contributed by atoms with Gasteiger partial charge in [0, 0.05) is 11.4 Å². The maximum atomic E-state index is 12.9. The first-order valence-electron chi connectivity index (χ1n) is 11.8. The Morgan fingerprint density at radius 1 is 0.943 bits per heavy atom. The van der Waals surface area contributed by atoms with Crippen molar-refractivity contribution < 1.29 is 33.0 Å². The summed E-state index contributed by atoms with van der Waals surface area (Å²) in [7, 11) is 0. The number of rotatable bonds is 5. The Kier molecular flexibility index (Phi) is 7.35. The van der Waals surface area contributed by atoms with E-state index >= 15 is 0 Å². The molecule has 0 bridgehead atoms. The number of carboxylic acids is 1. The van der Waals surface area contributed by atoms with Crippen LogP contribution in [0, 0.1) is 17.8 Å². The molecule has 2 amide bonds. The molecule has 0 spiro atoms. The van der Waals surface area contributed by atoms with Gasteiger partial charge in [-0.05, 0) is 91.7 Å². The zero-order valence-electron chi connectivity index (χ0n) is 19.1. The van der Waals surface area contributed by atoms with Gasteiger partial charge in [0.1, 0.15) is 0 Å². The topological polar surface area (TPSA) is 98.7 Å². The minimum absolute atomic E-state index is 0.0175. The molecule has 4 rings (SSSR count). The second kappa shape index (κ2) is 10.3. The lowest BCUT2D eigenvalue weighted by atomic mass is 9.62. The van der Waals surface area contributed by atoms with E-state index in [0.29, 0.717) is 17.5 Å². The largest absolute Gasteiger partial charge is 0.481 e. The molecule has 5 unspecified atom stereocenters. The van der Waals surface area contributed by atoms with Crippen LogP contribution < -0.4 is 10.6 Å². The molecule has 0 radical (unpaired) electrons. The molecule has 188 valence electrons. The number of nitrogens with one attached hydrogen (secondary N) is 2. The fourth-order valence-electron chi connectivity index (χ4n) is 5.67. The van der Waals surface area contributed by atoms with Gasteiger partial charge >= 0.3 is 18.2 Å². The van der Waals surface area contributed by atoms with Gasteiger partial charge in [0.15, 0.2) is 0 Å². The van der Waals surface area contributed by atoms with E-state index in [1.54, 1.807) is 12.1 Å². The Morgan fingerprint density at radius 3 is 2.34 bits per heavy atom. The van der Waals surface area contributed by atoms with Gasteiger partial charge in [-0.3, -0.25) is 4.79 Å². The lowest BCUT2D eigenvalue weighted by Gasteiger charge is -2.45. The average molecular weight is 491 g/mol. The van der Waals surface area contributed by atoms with Gasteiger partial charge in [-0.2, -0.15) is 13.2 Å². The molecule has 6 nitrogen and oxygen atoms in total. The van der Waals surface area contributed by atoms with Gasteiger partial charge in [0.25, 0.3) is 0 Å². The minimum atomic E-state index is -4.49. The number of carboxylic acid groups (broad SMARTS) is 1. The van der Waals surface area contributed by atoms with Crippen LogP contribution in [0.25, 0.3) is 0 Å². The second-order valence-electron chi connectivity index (χ2n) is 9.64. The number of halogens is 3. The van der Waals surface area contributed by atoms with Gasteiger partial charge in [-0.25, -0.2) is 4.79 Å². The third-order valence-electron chi connectivity index (χ3n) is 7.40. The molecule has 0 heterocycles. The molecular formula is C26H29F3N2O4. The van der Waals surface area contributed by atoms with Gasteiger partial charge in [-0.1, -0.05) is 18.2 Å². The van der Waals surface area contributed by atoms with Gasteiger partial charge in [-0.15, -0.1) is 0 Å². The van der Waals surface area contributed by atoms with Crippen molar-refractivity contribution in [3.63, 3.8) is 0 Å². The molecule has 2 fully saturated rings. The van der Waals surface area contributed by atoms with Crippen molar-refractivity contribution in [1.82, 2.24) is 0 Å². The molecule has 5 atom stereocenters. The van der Waals surface area contributed by atoms with Crippen LogP contribution in [0.3, 0.4) is 0 Å². The predicted octanol–water partition coefficient (Wildman–Crippen LogP) is 6.09. The molecule has 2 aliphatic rings. The number of alkyl halides is 3. The number of carbonyl (C=O) groups excluding carboxylic acids is 1. The molecule has 2 aromatic carbocycles. The van der Waals surface area contributed by atoms with Crippen molar-refractivity contribution in [2.75, 3.05) is 10.6 Å². The van der Waals surface area contributed by atoms with Crippen molar-refractivity contribution in [2.45, 2.75) is 56.7 Å². The molecule has 2 saturated carbocycles. The van der Waals surface area contributed by atoms with Crippen LogP contribution >= 0.6 is 0 Å². The van der Waals surface area contributed by atoms with Crippen LogP contribution in [-0.4, -0.2) is 28.3 Å². The van der Waals surface area contributed by atoms with Crippen molar-refractivity contribution in [1.29, 1.82) is 0 Å². The third kappa shape index (κ3) is 6.14. The SMILES string of the molecule is O=C(O)CC1CCC2CC(c3ccc(NC(=O)Nc4cccc(C(F)(F)F)c4)cc3)CCC2C1O. The zero-order chi connectivity index (χ0) is 25.2. The number of aliphatic hydroxyl groups excluding tert-OH is 1. The quantitative estimate of drug-likeness (QED) is 0.407. The lowest BCUT2D eigenvalue weighted by Crippen LogP contribution is -2.42. The van der Waals surface area contributed by atoms with E-state index in [1.807, 2.05) is 12.1 Å². The molecule has 9 heteroatoms. The number of aliphatic carboxylic acids is 1. The number of hydrogen-bond acceptors (Lipinski definition) is 3. The number of carbonyl (C=O) groups is 2. The Labute approximate surface area is 201 Å². The molecule has 2 aliphatic carbocycles. The van der Waals surface area contributed by atoms with E-state index in [9.17, 15) is 27.9 Å². The summed E-state index contributed by atoms with van der Waals surface area (Å²) in [4.78, 5) is 23.3. The minimum Gasteiger partial charge on any atom is -0.481 e. The molecule has 0 saturated heterocycles. The first-order chi connectivity index (χ1) is 16.6. The van der Waals surface area contributed by atoms with Crippen molar-refractivity contribution in [3.8, 4) is 0 Å². The summed E-state index contributed by atoms with van der Waals surface area (Å²) >= 11 is 0. The highest BCUT2D eigenvalue weighted by Crippen LogP contribution is 2.48. The van der Waals surface area contributed by atoms with Crippen molar-refractivity contribution in [2.24, 2.45) is 17.8 Å². The summed E-state index contributed by atoms with van der Waals surface area (Å²) in [6, 6.07) is 11.2. The van der Waals surface area contributed by atoms with Crippen molar-refractivity contribution >= 4 is 23.4 Å². The van der Waals surface area contributed by atoms with Crippen LogP contribution in [0.5, 0.6) is 0 Å². The number of urea groups is 1. The van der Waals surface area contributed by atoms with E-state index in [4.69, 9.17) is 5.11 Å². The van der Waals surface area contributed by atoms with Crippen LogP contribution in [0.15, 0.2) is 48.5 Å². The van der Waals surface area contributed by atoms with Gasteiger partial charge in [0.2, 0.25) is 0 Å². The van der Waals surface area contributed by atoms with Gasteiger partial charge < -0.3 is 20.8 Å². The fourth-order valence-corrected chi connectivity index (χ4v) is 5.67. The maximum absolute atomic E-state index is 12.9. The lowest BCUT2D eigenvalue weighted by molar-refractivity contribution is -0.141. The summed E-state index contributed by atoms with van der Waals surface area (Å²) in [5.41, 5.74) is 0.870. The second-order valence-corrected chi connectivity index (χ2v) is 9.64. The van der Waals surface area contributed by atoms with Gasteiger partial charge in [0.05, 0.1) is 18.1 Å². The third-order valence-corrected chi connectivity index (χ3v) is 7.40. The highest BCUT2D eigenvalue weighted by atomic mass is 19.4. The maximum Gasteiger partial charge on any atom is 0.416 e. The summed E-state index contributed by atoms with van der Waals surface area (Å²) < 4.78 is 38.6. The highest BCUT2D eigenvalue weighted by Gasteiger charge is 2.42.